The standard InChI is InChI=1S/C25H28O3S3/c1-13-7-19(8-14(2)22(13)26)29-25(30-20-9-15(3)23(27)16(4)10-20)31-21-11-17(5)24(28)18(6)12-21/h7-12,25-28H,1-6H3. The number of hydrogen-bond acceptors (Lipinski definition) is 6. The summed E-state index contributed by atoms with van der Waals surface area (Å²) in [6, 6.07) is 12.1. The second-order valence-corrected chi connectivity index (χ2v) is 12.3. The van der Waals surface area contributed by atoms with Crippen molar-refractivity contribution >= 4 is 35.3 Å². The van der Waals surface area contributed by atoms with Crippen LogP contribution < -0.4 is 0 Å². The van der Waals surface area contributed by atoms with Crippen LogP contribution in [-0.2, 0) is 0 Å². The number of rotatable bonds is 6. The smallest absolute Gasteiger partial charge is 0.121 e. The van der Waals surface area contributed by atoms with Crippen LogP contribution in [0.2, 0.25) is 0 Å². The molecule has 0 fully saturated rings. The Morgan fingerprint density at radius 2 is 0.645 bits per heavy atom. The molecule has 0 radical (unpaired) electrons. The predicted molar refractivity (Wildman–Crippen MR) is 134 cm³/mol. The lowest BCUT2D eigenvalue weighted by atomic mass is 10.1. The van der Waals surface area contributed by atoms with Crippen LogP contribution in [0.4, 0.5) is 0 Å². The summed E-state index contributed by atoms with van der Waals surface area (Å²) in [5.41, 5.74) is 5.19. The molecule has 164 valence electrons. The van der Waals surface area contributed by atoms with Crippen LogP contribution in [0.15, 0.2) is 51.1 Å². The molecule has 31 heavy (non-hydrogen) atoms. The van der Waals surface area contributed by atoms with E-state index in [2.05, 4.69) is 0 Å². The van der Waals surface area contributed by atoms with Gasteiger partial charge in [-0.05, 0) is 111 Å². The van der Waals surface area contributed by atoms with Gasteiger partial charge in [0.2, 0.25) is 0 Å². The highest BCUT2D eigenvalue weighted by Gasteiger charge is 2.18. The first-order chi connectivity index (χ1) is 14.5. The van der Waals surface area contributed by atoms with Gasteiger partial charge in [-0.15, -0.1) is 0 Å². The van der Waals surface area contributed by atoms with Gasteiger partial charge in [0.25, 0.3) is 0 Å². The lowest BCUT2D eigenvalue weighted by Gasteiger charge is -2.19. The molecule has 0 saturated heterocycles. The maximum absolute atomic E-state index is 10.1. The summed E-state index contributed by atoms with van der Waals surface area (Å²) in [5.74, 6) is 1.03. The third-order valence-corrected chi connectivity index (χ3v) is 8.92. The highest BCUT2D eigenvalue weighted by atomic mass is 32.3. The fraction of sp³-hybridized carbons (Fsp3) is 0.280. The highest BCUT2D eigenvalue weighted by Crippen LogP contribution is 2.47. The third-order valence-electron chi connectivity index (χ3n) is 5.09. The van der Waals surface area contributed by atoms with Crippen LogP contribution >= 0.6 is 35.3 Å². The van der Waals surface area contributed by atoms with Crippen molar-refractivity contribution in [3.05, 3.63) is 69.8 Å². The van der Waals surface area contributed by atoms with E-state index in [1.807, 2.05) is 77.9 Å². The molecule has 6 heteroatoms. The molecule has 0 aliphatic rings. The summed E-state index contributed by atoms with van der Waals surface area (Å²) in [6.07, 6.45) is 0. The monoisotopic (exact) mass is 472 g/mol. The first kappa shape index (κ1) is 23.8. The molecule has 3 nitrogen and oxygen atoms in total. The Bertz CT molecular complexity index is 915. The van der Waals surface area contributed by atoms with Crippen molar-refractivity contribution in [2.75, 3.05) is 0 Å². The van der Waals surface area contributed by atoms with Crippen LogP contribution in [0.25, 0.3) is 0 Å². The summed E-state index contributed by atoms with van der Waals surface area (Å²) in [6.45, 7) is 11.5. The van der Waals surface area contributed by atoms with Gasteiger partial charge in [0.1, 0.15) is 21.2 Å². The van der Waals surface area contributed by atoms with E-state index < -0.39 is 0 Å². The van der Waals surface area contributed by atoms with Crippen molar-refractivity contribution in [3.63, 3.8) is 0 Å². The molecule has 0 aliphatic carbocycles. The van der Waals surface area contributed by atoms with Crippen molar-refractivity contribution in [2.45, 2.75) is 60.1 Å². The maximum Gasteiger partial charge on any atom is 0.121 e. The zero-order valence-electron chi connectivity index (χ0n) is 18.6. The molecule has 0 unspecified atom stereocenters. The first-order valence-corrected chi connectivity index (χ1v) is 12.6. The average molecular weight is 473 g/mol. The molecule has 0 amide bonds. The van der Waals surface area contributed by atoms with E-state index in [9.17, 15) is 15.3 Å². The number of aromatic hydroxyl groups is 3. The fourth-order valence-corrected chi connectivity index (χ4v) is 8.07. The topological polar surface area (TPSA) is 60.7 Å². The van der Waals surface area contributed by atoms with Crippen molar-refractivity contribution in [1.29, 1.82) is 0 Å². The summed E-state index contributed by atoms with van der Waals surface area (Å²) in [4.78, 5) is 3.28. The number of hydrogen-bond donors (Lipinski definition) is 3. The minimum atomic E-state index is 0.0926. The summed E-state index contributed by atoms with van der Waals surface area (Å²) < 4.78 is 0.0926. The van der Waals surface area contributed by atoms with Gasteiger partial charge in [0.05, 0.1) is 0 Å². The zero-order chi connectivity index (χ0) is 22.9. The molecule has 3 N–H and O–H groups in total. The summed E-state index contributed by atoms with van der Waals surface area (Å²) in [7, 11) is 0. The number of benzene rings is 3. The molecular weight excluding hydrogens is 444 g/mol. The van der Waals surface area contributed by atoms with Crippen molar-refractivity contribution < 1.29 is 15.3 Å². The molecule has 0 aliphatic heterocycles. The van der Waals surface area contributed by atoms with Gasteiger partial charge in [-0.2, -0.15) is 0 Å². The van der Waals surface area contributed by atoms with Crippen LogP contribution in [0, 0.1) is 41.5 Å². The second-order valence-electron chi connectivity index (χ2n) is 7.86. The molecule has 0 saturated carbocycles. The Kier molecular flexibility index (Phi) is 7.45. The first-order valence-electron chi connectivity index (χ1n) is 9.95. The minimum Gasteiger partial charge on any atom is -0.507 e. The fourth-order valence-electron chi connectivity index (χ4n) is 3.36. The van der Waals surface area contributed by atoms with E-state index in [0.717, 1.165) is 48.1 Å². The molecule has 3 aromatic rings. The van der Waals surface area contributed by atoms with Gasteiger partial charge >= 0.3 is 0 Å². The second kappa shape index (κ2) is 9.72. The summed E-state index contributed by atoms with van der Waals surface area (Å²) in [5, 5.41) is 30.4. The van der Waals surface area contributed by atoms with Crippen molar-refractivity contribution in [3.8, 4) is 17.2 Å². The van der Waals surface area contributed by atoms with Gasteiger partial charge in [-0.25, -0.2) is 0 Å². The van der Waals surface area contributed by atoms with Crippen molar-refractivity contribution in [1.82, 2.24) is 0 Å². The Morgan fingerprint density at radius 1 is 0.452 bits per heavy atom. The normalized spacial score (nSPS) is 11.3. The lowest BCUT2D eigenvalue weighted by Crippen LogP contribution is -1.94. The number of phenols is 3. The molecule has 0 spiro atoms. The zero-order valence-corrected chi connectivity index (χ0v) is 21.1. The maximum atomic E-state index is 10.1. The van der Waals surface area contributed by atoms with Gasteiger partial charge in [-0.3, -0.25) is 0 Å². The molecule has 0 heterocycles. The number of thioether (sulfide) groups is 3. The third kappa shape index (κ3) is 5.68. The summed E-state index contributed by atoms with van der Waals surface area (Å²) >= 11 is 5.21. The Labute approximate surface area is 197 Å². The quantitative estimate of drug-likeness (QED) is 0.253. The van der Waals surface area contributed by atoms with Crippen LogP contribution in [0.3, 0.4) is 0 Å². The van der Waals surface area contributed by atoms with Crippen LogP contribution in [-0.4, -0.2) is 19.2 Å². The van der Waals surface area contributed by atoms with E-state index >= 15 is 0 Å². The number of aryl methyl sites for hydroxylation is 6. The molecular formula is C25H28O3S3. The van der Waals surface area contributed by atoms with E-state index in [4.69, 9.17) is 0 Å². The minimum absolute atomic E-state index is 0.0926. The van der Waals surface area contributed by atoms with Gasteiger partial charge in [0.15, 0.2) is 0 Å². The SMILES string of the molecule is Cc1cc(SC(Sc2cc(C)c(O)c(C)c2)Sc2cc(C)c(O)c(C)c2)cc(C)c1O. The molecule has 3 aromatic carbocycles. The Balaban J connectivity index is 1.95. The van der Waals surface area contributed by atoms with E-state index in [1.54, 1.807) is 35.3 Å². The largest absolute Gasteiger partial charge is 0.507 e. The van der Waals surface area contributed by atoms with E-state index in [0.29, 0.717) is 17.2 Å². The molecule has 0 bridgehead atoms. The Hall–Kier alpha value is -1.89. The van der Waals surface area contributed by atoms with E-state index in [-0.39, 0.29) is 3.91 Å². The molecule has 3 rings (SSSR count). The highest BCUT2D eigenvalue weighted by molar-refractivity contribution is 8.32. The molecule has 0 atom stereocenters. The van der Waals surface area contributed by atoms with Crippen LogP contribution in [0.1, 0.15) is 33.4 Å². The Morgan fingerprint density at radius 3 is 0.839 bits per heavy atom. The van der Waals surface area contributed by atoms with Crippen molar-refractivity contribution in [2.24, 2.45) is 0 Å². The van der Waals surface area contributed by atoms with Crippen LogP contribution in [0.5, 0.6) is 17.2 Å². The molecule has 0 aromatic heterocycles. The lowest BCUT2D eigenvalue weighted by molar-refractivity contribution is 0.466. The van der Waals surface area contributed by atoms with Gasteiger partial charge < -0.3 is 15.3 Å². The average Bonchev–Trinajstić information content (AvgIpc) is 2.68. The van der Waals surface area contributed by atoms with Gasteiger partial charge in [0, 0.05) is 14.7 Å². The number of phenolic OH excluding ortho intramolecular Hbond substituents is 3. The predicted octanol–water partition coefficient (Wildman–Crippen LogP) is 7.61. The van der Waals surface area contributed by atoms with E-state index in [1.165, 1.54) is 0 Å². The van der Waals surface area contributed by atoms with Gasteiger partial charge in [-0.1, -0.05) is 35.3 Å².